The van der Waals surface area contributed by atoms with Crippen LogP contribution in [-0.2, 0) is 14.8 Å². The van der Waals surface area contributed by atoms with Gasteiger partial charge in [0.2, 0.25) is 10.0 Å². The molecule has 0 bridgehead atoms. The maximum atomic E-state index is 12.8. The maximum Gasteiger partial charge on any atom is 0.471 e. The van der Waals surface area contributed by atoms with E-state index >= 15 is 0 Å². The van der Waals surface area contributed by atoms with Gasteiger partial charge in [0.05, 0.1) is 4.90 Å². The molecule has 1 saturated heterocycles. The number of hydrogen-bond acceptors (Lipinski definition) is 3. The molecule has 2 rings (SSSR count). The maximum absolute atomic E-state index is 12.8. The quantitative estimate of drug-likeness (QED) is 0.719. The Balaban J connectivity index is 2.26. The summed E-state index contributed by atoms with van der Waals surface area (Å²) >= 11 is 3.23. The van der Waals surface area contributed by atoms with Gasteiger partial charge in [-0.2, -0.15) is 17.5 Å². The molecule has 1 aliphatic rings. The van der Waals surface area contributed by atoms with E-state index in [-0.39, 0.29) is 24.5 Å². The first-order valence-corrected chi connectivity index (χ1v) is 9.94. The predicted molar refractivity (Wildman–Crippen MR) is 89.4 cm³/mol. The van der Waals surface area contributed by atoms with Crippen LogP contribution in [0.3, 0.4) is 0 Å². The molecule has 0 radical (unpaired) electrons. The minimum atomic E-state index is -4.95. The molecule has 1 aromatic rings. The number of piperazine rings is 1. The lowest BCUT2D eigenvalue weighted by Gasteiger charge is -2.40. The predicted octanol–water partition coefficient (Wildman–Crippen LogP) is 3.01. The largest absolute Gasteiger partial charge is 0.471 e. The van der Waals surface area contributed by atoms with Gasteiger partial charge < -0.3 is 4.90 Å². The third-order valence-electron chi connectivity index (χ3n) is 4.00. The fourth-order valence-corrected chi connectivity index (χ4v) is 4.73. The number of nitrogens with zero attached hydrogens (tertiary/aromatic N) is 2. The Labute approximate surface area is 153 Å². The Morgan fingerprint density at radius 3 is 2.36 bits per heavy atom. The Morgan fingerprint density at radius 2 is 1.84 bits per heavy atom. The Hall–Kier alpha value is -1.13. The lowest BCUT2D eigenvalue weighted by atomic mass is 10.1. The summed E-state index contributed by atoms with van der Waals surface area (Å²) in [6, 6.07) is 5.38. The van der Waals surface area contributed by atoms with Crippen molar-refractivity contribution in [2.75, 3.05) is 19.6 Å². The number of halogens is 4. The summed E-state index contributed by atoms with van der Waals surface area (Å²) < 4.78 is 65.6. The van der Waals surface area contributed by atoms with Gasteiger partial charge in [-0.15, -0.1) is 0 Å². The molecule has 0 aliphatic carbocycles. The van der Waals surface area contributed by atoms with Gasteiger partial charge in [0.25, 0.3) is 0 Å². The zero-order valence-corrected chi connectivity index (χ0v) is 15.9. The Morgan fingerprint density at radius 1 is 1.24 bits per heavy atom. The first kappa shape index (κ1) is 20.2. The van der Waals surface area contributed by atoms with E-state index in [1.807, 2.05) is 6.92 Å². The molecule has 140 valence electrons. The second-order valence-electron chi connectivity index (χ2n) is 5.76. The summed E-state index contributed by atoms with van der Waals surface area (Å²) in [7, 11) is -3.84. The van der Waals surface area contributed by atoms with Gasteiger partial charge in [-0.1, -0.05) is 29.3 Å². The van der Waals surface area contributed by atoms with Crippen LogP contribution < -0.4 is 0 Å². The Kier molecular flexibility index (Phi) is 6.16. The van der Waals surface area contributed by atoms with Crippen LogP contribution in [0.1, 0.15) is 19.8 Å². The summed E-state index contributed by atoms with van der Waals surface area (Å²) in [5, 5.41) is 0. The molecule has 1 heterocycles. The minimum absolute atomic E-state index is 0.0763. The van der Waals surface area contributed by atoms with Gasteiger partial charge in [0, 0.05) is 30.1 Å². The number of sulfonamides is 1. The first-order valence-electron chi connectivity index (χ1n) is 7.71. The van der Waals surface area contributed by atoms with E-state index in [9.17, 15) is 26.4 Å². The number of amides is 1. The minimum Gasteiger partial charge on any atom is -0.332 e. The number of rotatable bonds is 4. The molecular formula is C15H18BrF3N2O3S. The summed E-state index contributed by atoms with van der Waals surface area (Å²) in [5.41, 5.74) is 0. The molecule has 0 N–H and O–H groups in total. The van der Waals surface area contributed by atoms with Crippen molar-refractivity contribution in [3.63, 3.8) is 0 Å². The zero-order valence-electron chi connectivity index (χ0n) is 13.5. The third kappa shape index (κ3) is 4.53. The first-order chi connectivity index (χ1) is 11.6. The molecule has 5 nitrogen and oxygen atoms in total. The molecule has 1 atom stereocenters. The molecule has 1 aromatic carbocycles. The molecule has 0 saturated carbocycles. The lowest BCUT2D eigenvalue weighted by molar-refractivity contribution is -0.187. The second-order valence-corrected chi connectivity index (χ2v) is 8.57. The highest BCUT2D eigenvalue weighted by Gasteiger charge is 2.46. The van der Waals surface area contributed by atoms with E-state index in [0.717, 1.165) is 4.47 Å². The Bertz CT molecular complexity index is 723. The number of alkyl halides is 3. The van der Waals surface area contributed by atoms with E-state index in [1.165, 1.54) is 16.4 Å². The molecule has 10 heteroatoms. The number of carbonyl (C=O) groups excluding carboxylic acids is 1. The summed E-state index contributed by atoms with van der Waals surface area (Å²) in [4.78, 5) is 12.2. The van der Waals surface area contributed by atoms with Crippen LogP contribution in [0.25, 0.3) is 0 Å². The smallest absolute Gasteiger partial charge is 0.332 e. The van der Waals surface area contributed by atoms with E-state index in [0.29, 0.717) is 17.7 Å². The van der Waals surface area contributed by atoms with Crippen molar-refractivity contribution in [2.24, 2.45) is 0 Å². The van der Waals surface area contributed by atoms with Crippen molar-refractivity contribution in [1.29, 1.82) is 0 Å². The average molecular weight is 443 g/mol. The average Bonchev–Trinajstić information content (AvgIpc) is 2.53. The summed E-state index contributed by atoms with van der Waals surface area (Å²) in [5.74, 6) is -1.92. The number of hydrogen-bond donors (Lipinski definition) is 0. The highest BCUT2D eigenvalue weighted by molar-refractivity contribution is 9.10. The van der Waals surface area contributed by atoms with Crippen LogP contribution in [0.4, 0.5) is 13.2 Å². The summed E-state index contributed by atoms with van der Waals surface area (Å²) in [6.07, 6.45) is -3.99. The highest BCUT2D eigenvalue weighted by atomic mass is 79.9. The van der Waals surface area contributed by atoms with Gasteiger partial charge in [-0.25, -0.2) is 8.42 Å². The van der Waals surface area contributed by atoms with Crippen LogP contribution in [0, 0.1) is 0 Å². The van der Waals surface area contributed by atoms with E-state index in [4.69, 9.17) is 0 Å². The van der Waals surface area contributed by atoms with E-state index in [2.05, 4.69) is 15.9 Å². The van der Waals surface area contributed by atoms with E-state index < -0.39 is 28.1 Å². The van der Waals surface area contributed by atoms with Crippen molar-refractivity contribution >= 4 is 31.9 Å². The van der Waals surface area contributed by atoms with Crippen LogP contribution in [0.5, 0.6) is 0 Å². The molecule has 0 spiro atoms. The van der Waals surface area contributed by atoms with Gasteiger partial charge in [0.15, 0.2) is 0 Å². The van der Waals surface area contributed by atoms with Crippen molar-refractivity contribution in [1.82, 2.24) is 9.21 Å². The van der Waals surface area contributed by atoms with Crippen LogP contribution in [0.2, 0.25) is 0 Å². The molecule has 1 aliphatic heterocycles. The number of benzene rings is 1. The van der Waals surface area contributed by atoms with Gasteiger partial charge in [-0.3, -0.25) is 4.79 Å². The zero-order chi connectivity index (χ0) is 18.8. The van der Waals surface area contributed by atoms with Crippen molar-refractivity contribution in [3.8, 4) is 0 Å². The monoisotopic (exact) mass is 442 g/mol. The van der Waals surface area contributed by atoms with Crippen molar-refractivity contribution in [2.45, 2.75) is 36.9 Å². The molecular weight excluding hydrogens is 425 g/mol. The second kappa shape index (κ2) is 7.63. The molecule has 0 aromatic heterocycles. The topological polar surface area (TPSA) is 57.7 Å². The number of carbonyl (C=O) groups is 1. The van der Waals surface area contributed by atoms with Crippen LogP contribution in [-0.4, -0.2) is 55.4 Å². The lowest BCUT2D eigenvalue weighted by Crippen LogP contribution is -2.58. The van der Waals surface area contributed by atoms with Gasteiger partial charge in [0.1, 0.15) is 0 Å². The molecule has 1 amide bonds. The van der Waals surface area contributed by atoms with Crippen molar-refractivity contribution < 1.29 is 26.4 Å². The van der Waals surface area contributed by atoms with Crippen LogP contribution >= 0.6 is 15.9 Å². The molecule has 1 unspecified atom stereocenters. The molecule has 25 heavy (non-hydrogen) atoms. The normalized spacial score (nSPS) is 19.9. The van der Waals surface area contributed by atoms with Gasteiger partial charge in [-0.05, 0) is 30.7 Å². The fraction of sp³-hybridized carbons (Fsp3) is 0.533. The molecule has 1 fully saturated rings. The highest BCUT2D eigenvalue weighted by Crippen LogP contribution is 2.27. The fourth-order valence-electron chi connectivity index (χ4n) is 2.83. The van der Waals surface area contributed by atoms with Gasteiger partial charge >= 0.3 is 12.1 Å². The SMILES string of the molecule is CCCC1CN(C(=O)C(F)(F)F)CCN1S(=O)(=O)c1ccc(Br)cc1. The standard InChI is InChI=1S/C15H18BrF3N2O3S/c1-2-3-12-10-20(14(22)15(17,18)19)8-9-21(12)25(23,24)13-6-4-11(16)5-7-13/h4-7,12H,2-3,8-10H2,1H3. The van der Waals surface area contributed by atoms with Crippen molar-refractivity contribution in [3.05, 3.63) is 28.7 Å². The van der Waals surface area contributed by atoms with E-state index in [1.54, 1.807) is 12.1 Å². The third-order valence-corrected chi connectivity index (χ3v) is 6.50. The van der Waals surface area contributed by atoms with Crippen LogP contribution in [0.15, 0.2) is 33.6 Å². The summed E-state index contributed by atoms with van der Waals surface area (Å²) in [6.45, 7) is 1.11.